The number of aryl methyl sites for hydroxylation is 1. The Balaban J connectivity index is 1.68. The normalized spacial score (nSPS) is 15.7. The number of hydrogen-bond acceptors (Lipinski definition) is 3. The molecule has 0 unspecified atom stereocenters. The van der Waals surface area contributed by atoms with Gasteiger partial charge in [0.2, 0.25) is 0 Å². The molecule has 0 atom stereocenters. The molecule has 2 N–H and O–H groups in total. The van der Waals surface area contributed by atoms with Crippen molar-refractivity contribution in [3.05, 3.63) is 29.6 Å². The summed E-state index contributed by atoms with van der Waals surface area (Å²) in [6.45, 7) is 4.92. The SMILES string of the molecule is Cc1cccnc1CNCC1CN(C(=O)O)C1. The maximum atomic E-state index is 10.6. The highest BCUT2D eigenvalue weighted by Gasteiger charge is 2.29. The van der Waals surface area contributed by atoms with Crippen molar-refractivity contribution in [1.29, 1.82) is 0 Å². The molecule has 1 saturated heterocycles. The van der Waals surface area contributed by atoms with Crippen molar-refractivity contribution < 1.29 is 9.90 Å². The fraction of sp³-hybridized carbons (Fsp3) is 0.500. The Kier molecular flexibility index (Phi) is 3.58. The van der Waals surface area contributed by atoms with Crippen LogP contribution in [0.1, 0.15) is 11.3 Å². The van der Waals surface area contributed by atoms with Gasteiger partial charge in [-0.3, -0.25) is 4.98 Å². The molecular formula is C12H17N3O2. The summed E-state index contributed by atoms with van der Waals surface area (Å²) in [6, 6.07) is 3.97. The van der Waals surface area contributed by atoms with Crippen molar-refractivity contribution in [3.63, 3.8) is 0 Å². The highest BCUT2D eigenvalue weighted by Crippen LogP contribution is 2.14. The van der Waals surface area contributed by atoms with Crippen molar-refractivity contribution in [2.45, 2.75) is 13.5 Å². The largest absolute Gasteiger partial charge is 0.465 e. The highest BCUT2D eigenvalue weighted by molar-refractivity contribution is 5.66. The second-order valence-electron chi connectivity index (χ2n) is 4.45. The summed E-state index contributed by atoms with van der Waals surface area (Å²) in [5, 5.41) is 12.0. The summed E-state index contributed by atoms with van der Waals surface area (Å²) < 4.78 is 0. The minimum absolute atomic E-state index is 0.440. The fourth-order valence-corrected chi connectivity index (χ4v) is 1.95. The average Bonchev–Trinajstić information content (AvgIpc) is 2.23. The molecule has 0 saturated carbocycles. The van der Waals surface area contributed by atoms with E-state index in [0.29, 0.717) is 19.0 Å². The van der Waals surface area contributed by atoms with Gasteiger partial charge in [0.25, 0.3) is 0 Å². The van der Waals surface area contributed by atoms with Crippen LogP contribution >= 0.6 is 0 Å². The van der Waals surface area contributed by atoms with E-state index >= 15 is 0 Å². The summed E-state index contributed by atoms with van der Waals surface area (Å²) in [7, 11) is 0. The van der Waals surface area contributed by atoms with Gasteiger partial charge < -0.3 is 15.3 Å². The standard InChI is InChI=1S/C12H17N3O2/c1-9-3-2-4-14-11(9)6-13-5-10-7-15(8-10)12(16)17/h2-4,10,13H,5-8H2,1H3,(H,16,17). The first-order valence-corrected chi connectivity index (χ1v) is 5.76. The van der Waals surface area contributed by atoms with Gasteiger partial charge in [-0.2, -0.15) is 0 Å². The third-order valence-corrected chi connectivity index (χ3v) is 3.07. The van der Waals surface area contributed by atoms with Crippen molar-refractivity contribution in [3.8, 4) is 0 Å². The molecule has 17 heavy (non-hydrogen) atoms. The minimum atomic E-state index is -0.818. The summed E-state index contributed by atoms with van der Waals surface area (Å²) in [4.78, 5) is 16.3. The van der Waals surface area contributed by atoms with Crippen molar-refractivity contribution in [2.24, 2.45) is 5.92 Å². The molecule has 5 nitrogen and oxygen atoms in total. The molecule has 5 heteroatoms. The fourth-order valence-electron chi connectivity index (χ4n) is 1.95. The molecule has 1 fully saturated rings. The molecule has 0 bridgehead atoms. The van der Waals surface area contributed by atoms with Crippen LogP contribution in [-0.4, -0.2) is 40.7 Å². The number of carboxylic acid groups (broad SMARTS) is 1. The van der Waals surface area contributed by atoms with E-state index in [-0.39, 0.29) is 0 Å². The van der Waals surface area contributed by atoms with E-state index in [1.807, 2.05) is 19.1 Å². The molecule has 1 amide bonds. The van der Waals surface area contributed by atoms with E-state index in [1.54, 1.807) is 6.20 Å². The molecule has 2 heterocycles. The molecule has 1 aliphatic rings. The predicted octanol–water partition coefficient (Wildman–Crippen LogP) is 1.09. The lowest BCUT2D eigenvalue weighted by Gasteiger charge is -2.37. The first kappa shape index (κ1) is 11.9. The first-order valence-electron chi connectivity index (χ1n) is 5.76. The van der Waals surface area contributed by atoms with Gasteiger partial charge in [-0.25, -0.2) is 4.79 Å². The van der Waals surface area contributed by atoms with Crippen LogP contribution in [0.4, 0.5) is 4.79 Å². The smallest absolute Gasteiger partial charge is 0.407 e. The van der Waals surface area contributed by atoms with E-state index in [9.17, 15) is 4.79 Å². The minimum Gasteiger partial charge on any atom is -0.465 e. The van der Waals surface area contributed by atoms with Crippen LogP contribution < -0.4 is 5.32 Å². The molecule has 1 aromatic rings. The number of nitrogens with one attached hydrogen (secondary N) is 1. The van der Waals surface area contributed by atoms with Crippen LogP contribution in [0, 0.1) is 12.8 Å². The van der Waals surface area contributed by atoms with Crippen molar-refractivity contribution in [2.75, 3.05) is 19.6 Å². The maximum absolute atomic E-state index is 10.6. The summed E-state index contributed by atoms with van der Waals surface area (Å²) >= 11 is 0. The highest BCUT2D eigenvalue weighted by atomic mass is 16.4. The zero-order valence-electron chi connectivity index (χ0n) is 9.89. The number of aromatic nitrogens is 1. The van der Waals surface area contributed by atoms with E-state index in [4.69, 9.17) is 5.11 Å². The maximum Gasteiger partial charge on any atom is 0.407 e. The number of amides is 1. The van der Waals surface area contributed by atoms with E-state index in [0.717, 1.165) is 18.8 Å². The molecule has 0 radical (unpaired) electrons. The Labute approximate surface area is 100 Å². The van der Waals surface area contributed by atoms with E-state index in [1.165, 1.54) is 10.5 Å². The Bertz CT molecular complexity index is 402. The summed E-state index contributed by atoms with van der Waals surface area (Å²) in [5.41, 5.74) is 2.24. The van der Waals surface area contributed by atoms with Gasteiger partial charge in [0.05, 0.1) is 5.69 Å². The first-order chi connectivity index (χ1) is 8.16. The van der Waals surface area contributed by atoms with E-state index in [2.05, 4.69) is 10.3 Å². The molecule has 0 spiro atoms. The topological polar surface area (TPSA) is 65.5 Å². The number of nitrogens with zero attached hydrogens (tertiary/aromatic N) is 2. The Morgan fingerprint density at radius 3 is 3.06 bits per heavy atom. The Hall–Kier alpha value is -1.62. The average molecular weight is 235 g/mol. The second kappa shape index (κ2) is 5.14. The molecule has 0 aliphatic carbocycles. The Morgan fingerprint density at radius 1 is 1.65 bits per heavy atom. The molecule has 2 rings (SSSR count). The number of likely N-dealkylation sites (tertiary alicyclic amines) is 1. The van der Waals surface area contributed by atoms with Crippen LogP contribution in [0.3, 0.4) is 0 Å². The Morgan fingerprint density at radius 2 is 2.41 bits per heavy atom. The van der Waals surface area contributed by atoms with Gasteiger partial charge >= 0.3 is 6.09 Å². The van der Waals surface area contributed by atoms with Crippen LogP contribution in [0.25, 0.3) is 0 Å². The lowest BCUT2D eigenvalue weighted by molar-refractivity contribution is 0.0814. The third kappa shape index (κ3) is 2.94. The zero-order chi connectivity index (χ0) is 12.3. The quantitative estimate of drug-likeness (QED) is 0.820. The summed E-state index contributed by atoms with van der Waals surface area (Å²) in [5.74, 6) is 0.440. The second-order valence-corrected chi connectivity index (χ2v) is 4.45. The van der Waals surface area contributed by atoms with Gasteiger partial charge in [0.15, 0.2) is 0 Å². The number of rotatable bonds is 4. The molecule has 92 valence electrons. The summed E-state index contributed by atoms with van der Waals surface area (Å²) in [6.07, 6.45) is 0.973. The lowest BCUT2D eigenvalue weighted by atomic mass is 10.0. The van der Waals surface area contributed by atoms with Crippen molar-refractivity contribution in [1.82, 2.24) is 15.2 Å². The van der Waals surface area contributed by atoms with E-state index < -0.39 is 6.09 Å². The molecule has 1 aliphatic heterocycles. The molecular weight excluding hydrogens is 218 g/mol. The van der Waals surface area contributed by atoms with Crippen LogP contribution in [0.5, 0.6) is 0 Å². The van der Waals surface area contributed by atoms with Gasteiger partial charge in [-0.15, -0.1) is 0 Å². The predicted molar refractivity (Wildman–Crippen MR) is 63.8 cm³/mol. The monoisotopic (exact) mass is 235 g/mol. The number of pyridine rings is 1. The number of carbonyl (C=O) groups is 1. The van der Waals surface area contributed by atoms with Gasteiger partial charge in [-0.05, 0) is 18.6 Å². The third-order valence-electron chi connectivity index (χ3n) is 3.07. The van der Waals surface area contributed by atoms with Crippen LogP contribution in [0.15, 0.2) is 18.3 Å². The molecule has 1 aromatic heterocycles. The van der Waals surface area contributed by atoms with Gasteiger partial charge in [-0.1, -0.05) is 6.07 Å². The van der Waals surface area contributed by atoms with Crippen molar-refractivity contribution >= 4 is 6.09 Å². The van der Waals surface area contributed by atoms with Crippen LogP contribution in [-0.2, 0) is 6.54 Å². The van der Waals surface area contributed by atoms with Gasteiger partial charge in [0, 0.05) is 38.3 Å². The zero-order valence-corrected chi connectivity index (χ0v) is 9.89. The van der Waals surface area contributed by atoms with Crippen LogP contribution in [0.2, 0.25) is 0 Å². The molecule has 0 aromatic carbocycles. The van der Waals surface area contributed by atoms with Gasteiger partial charge in [0.1, 0.15) is 0 Å². The lowest BCUT2D eigenvalue weighted by Crippen LogP contribution is -2.52. The number of hydrogen-bond donors (Lipinski definition) is 2.